The number of hydrogen-bond acceptors (Lipinski definition) is 3. The summed E-state index contributed by atoms with van der Waals surface area (Å²) in [6.07, 6.45) is 2.40. The van der Waals surface area contributed by atoms with Gasteiger partial charge in [0.1, 0.15) is 0 Å². The normalized spacial score (nSPS) is 42.3. The van der Waals surface area contributed by atoms with Gasteiger partial charge in [0.05, 0.1) is 11.5 Å². The lowest BCUT2D eigenvalue weighted by molar-refractivity contribution is -0.184. The summed E-state index contributed by atoms with van der Waals surface area (Å²) in [5.74, 6) is -1.37. The van der Waals surface area contributed by atoms with Crippen LogP contribution in [0.1, 0.15) is 64.2 Å². The highest BCUT2D eigenvalue weighted by atomic mass is 19.4. The molecule has 0 N–H and O–H groups in total. The molecular formula is C21H27F3N2O3. The zero-order chi connectivity index (χ0) is 20.6. The summed E-state index contributed by atoms with van der Waals surface area (Å²) in [7, 11) is 0. The van der Waals surface area contributed by atoms with Crippen molar-refractivity contribution >= 4 is 17.8 Å². The van der Waals surface area contributed by atoms with E-state index in [-0.39, 0.29) is 25.3 Å². The third-order valence-electron chi connectivity index (χ3n) is 8.28. The summed E-state index contributed by atoms with van der Waals surface area (Å²) in [4.78, 5) is 40.9. The fraction of sp³-hybridized carbons (Fsp3) is 0.857. The van der Waals surface area contributed by atoms with E-state index in [1.807, 2.05) is 0 Å². The molecule has 4 bridgehead atoms. The molecule has 1 aliphatic heterocycles. The Hall–Kier alpha value is -1.60. The van der Waals surface area contributed by atoms with Crippen LogP contribution in [-0.2, 0) is 9.59 Å². The molecule has 4 amide bonds. The highest BCUT2D eigenvalue weighted by Gasteiger charge is 2.61. The molecule has 6 rings (SSSR count). The Morgan fingerprint density at radius 3 is 1.83 bits per heavy atom. The highest BCUT2D eigenvalue weighted by Crippen LogP contribution is 2.58. The van der Waals surface area contributed by atoms with E-state index in [9.17, 15) is 27.6 Å². The molecule has 0 atom stereocenters. The number of halogens is 3. The van der Waals surface area contributed by atoms with Crippen molar-refractivity contribution in [2.45, 2.75) is 75.9 Å². The van der Waals surface area contributed by atoms with Crippen LogP contribution in [0.15, 0.2) is 0 Å². The fourth-order valence-corrected chi connectivity index (χ4v) is 7.35. The Labute approximate surface area is 168 Å². The molecule has 0 radical (unpaired) electrons. The van der Waals surface area contributed by atoms with Crippen molar-refractivity contribution in [3.63, 3.8) is 0 Å². The van der Waals surface area contributed by atoms with E-state index in [4.69, 9.17) is 0 Å². The van der Waals surface area contributed by atoms with Crippen LogP contribution in [0.25, 0.3) is 0 Å². The Balaban J connectivity index is 1.29. The SMILES string of the molecule is O=C1C(=O)N(C23CC4CC(CC(C4)C2)C3)C(=O)N1CC1CCC(C(F)(F)F)CC1. The number of urea groups is 1. The summed E-state index contributed by atoms with van der Waals surface area (Å²) in [5, 5.41) is 0. The van der Waals surface area contributed by atoms with Crippen molar-refractivity contribution in [2.24, 2.45) is 29.6 Å². The summed E-state index contributed by atoms with van der Waals surface area (Å²) in [6.45, 7) is 0.0663. The number of carbonyl (C=O) groups is 3. The van der Waals surface area contributed by atoms with E-state index in [1.165, 1.54) is 4.90 Å². The first-order chi connectivity index (χ1) is 13.7. The predicted octanol–water partition coefficient (Wildman–Crippen LogP) is 4.11. The van der Waals surface area contributed by atoms with E-state index < -0.39 is 35.5 Å². The van der Waals surface area contributed by atoms with E-state index in [0.717, 1.165) is 43.4 Å². The lowest BCUT2D eigenvalue weighted by Crippen LogP contribution is -2.62. The Morgan fingerprint density at radius 1 is 0.828 bits per heavy atom. The van der Waals surface area contributed by atoms with Gasteiger partial charge in [0.25, 0.3) is 0 Å². The second kappa shape index (κ2) is 6.45. The van der Waals surface area contributed by atoms with Gasteiger partial charge in [0.15, 0.2) is 0 Å². The quantitative estimate of drug-likeness (QED) is 0.518. The molecule has 8 heteroatoms. The molecule has 29 heavy (non-hydrogen) atoms. The van der Waals surface area contributed by atoms with Crippen molar-refractivity contribution in [2.75, 3.05) is 6.54 Å². The molecule has 6 fully saturated rings. The van der Waals surface area contributed by atoms with Gasteiger partial charge >= 0.3 is 24.0 Å². The van der Waals surface area contributed by atoms with Crippen LogP contribution in [0.2, 0.25) is 0 Å². The summed E-state index contributed by atoms with van der Waals surface area (Å²) in [6, 6.07) is -0.528. The van der Waals surface area contributed by atoms with Gasteiger partial charge in [-0.1, -0.05) is 0 Å². The van der Waals surface area contributed by atoms with Crippen molar-refractivity contribution in [3.05, 3.63) is 0 Å². The number of hydrogen-bond donors (Lipinski definition) is 0. The Bertz CT molecular complexity index is 707. The van der Waals surface area contributed by atoms with Gasteiger partial charge < -0.3 is 0 Å². The monoisotopic (exact) mass is 412 g/mol. The molecule has 0 aromatic rings. The van der Waals surface area contributed by atoms with Crippen LogP contribution >= 0.6 is 0 Å². The molecular weight excluding hydrogens is 385 g/mol. The molecule has 5 nitrogen and oxygen atoms in total. The minimum Gasteiger partial charge on any atom is -0.263 e. The average Bonchev–Trinajstić information content (AvgIpc) is 2.84. The first kappa shape index (κ1) is 19.4. The van der Waals surface area contributed by atoms with Gasteiger partial charge in [0.2, 0.25) is 0 Å². The standard InChI is InChI=1S/C21H27F3N2O3/c22-21(23,24)16-3-1-12(2-4-16)11-25-17(27)18(28)26(19(25)29)20-8-13-5-14(9-20)7-15(6-13)10-20/h12-16H,1-11H2. The molecule has 6 aliphatic rings. The first-order valence-electron chi connectivity index (χ1n) is 10.9. The van der Waals surface area contributed by atoms with E-state index in [1.54, 1.807) is 0 Å². The summed E-state index contributed by atoms with van der Waals surface area (Å²) < 4.78 is 38.7. The zero-order valence-corrected chi connectivity index (χ0v) is 16.4. The fourth-order valence-electron chi connectivity index (χ4n) is 7.35. The first-order valence-corrected chi connectivity index (χ1v) is 10.9. The molecule has 0 spiro atoms. The largest absolute Gasteiger partial charge is 0.391 e. The van der Waals surface area contributed by atoms with Crippen molar-refractivity contribution in [3.8, 4) is 0 Å². The van der Waals surface area contributed by atoms with E-state index >= 15 is 0 Å². The molecule has 160 valence electrons. The molecule has 0 aromatic carbocycles. The molecule has 0 unspecified atom stereocenters. The topological polar surface area (TPSA) is 57.7 Å². The van der Waals surface area contributed by atoms with Crippen LogP contribution in [-0.4, -0.2) is 45.9 Å². The number of amides is 4. The number of rotatable bonds is 3. The molecule has 1 heterocycles. The summed E-state index contributed by atoms with van der Waals surface area (Å²) in [5.41, 5.74) is -0.513. The van der Waals surface area contributed by atoms with Gasteiger partial charge in [-0.25, -0.2) is 9.69 Å². The van der Waals surface area contributed by atoms with Crippen molar-refractivity contribution in [1.29, 1.82) is 0 Å². The van der Waals surface area contributed by atoms with Crippen molar-refractivity contribution < 1.29 is 27.6 Å². The second-order valence-corrected chi connectivity index (χ2v) is 10.2. The smallest absolute Gasteiger partial charge is 0.263 e. The number of carbonyl (C=O) groups excluding carboxylic acids is 3. The predicted molar refractivity (Wildman–Crippen MR) is 96.4 cm³/mol. The Kier molecular flexibility index (Phi) is 4.31. The van der Waals surface area contributed by atoms with Crippen LogP contribution in [0, 0.1) is 29.6 Å². The van der Waals surface area contributed by atoms with E-state index in [2.05, 4.69) is 0 Å². The van der Waals surface area contributed by atoms with Crippen LogP contribution in [0.3, 0.4) is 0 Å². The maximum atomic E-state index is 13.2. The van der Waals surface area contributed by atoms with Crippen LogP contribution < -0.4 is 0 Å². The van der Waals surface area contributed by atoms with Crippen LogP contribution in [0.4, 0.5) is 18.0 Å². The molecule has 5 aliphatic carbocycles. The number of nitrogens with zero attached hydrogens (tertiary/aromatic N) is 2. The molecule has 5 saturated carbocycles. The van der Waals surface area contributed by atoms with Crippen LogP contribution in [0.5, 0.6) is 0 Å². The number of imide groups is 2. The Morgan fingerprint density at radius 2 is 1.34 bits per heavy atom. The maximum absolute atomic E-state index is 13.2. The third kappa shape index (κ3) is 3.08. The van der Waals surface area contributed by atoms with Gasteiger partial charge in [-0.15, -0.1) is 0 Å². The summed E-state index contributed by atoms with van der Waals surface area (Å²) >= 11 is 0. The van der Waals surface area contributed by atoms with Gasteiger partial charge in [0, 0.05) is 6.54 Å². The highest BCUT2D eigenvalue weighted by molar-refractivity contribution is 6.44. The van der Waals surface area contributed by atoms with Gasteiger partial charge in [-0.3, -0.25) is 14.5 Å². The van der Waals surface area contributed by atoms with Gasteiger partial charge in [-0.2, -0.15) is 13.2 Å². The van der Waals surface area contributed by atoms with Crippen molar-refractivity contribution in [1.82, 2.24) is 9.80 Å². The third-order valence-corrected chi connectivity index (χ3v) is 8.28. The molecule has 1 saturated heterocycles. The maximum Gasteiger partial charge on any atom is 0.391 e. The average molecular weight is 412 g/mol. The lowest BCUT2D eigenvalue weighted by Gasteiger charge is -2.58. The minimum atomic E-state index is -4.18. The minimum absolute atomic E-state index is 0.0248. The van der Waals surface area contributed by atoms with E-state index in [0.29, 0.717) is 30.6 Å². The second-order valence-electron chi connectivity index (χ2n) is 10.2. The molecule has 0 aromatic heterocycles. The van der Waals surface area contributed by atoms with Gasteiger partial charge in [-0.05, 0) is 87.9 Å². The lowest BCUT2D eigenvalue weighted by atomic mass is 9.52. The zero-order valence-electron chi connectivity index (χ0n) is 16.4. The number of alkyl halides is 3.